The van der Waals surface area contributed by atoms with Crippen molar-refractivity contribution in [2.45, 2.75) is 44.1 Å². The van der Waals surface area contributed by atoms with Crippen molar-refractivity contribution in [1.29, 1.82) is 5.26 Å². The number of hydrogen-bond acceptors (Lipinski definition) is 4. The van der Waals surface area contributed by atoms with Crippen LogP contribution in [0.2, 0.25) is 0 Å². The summed E-state index contributed by atoms with van der Waals surface area (Å²) in [5.41, 5.74) is 5.64. The lowest BCUT2D eigenvalue weighted by atomic mass is 9.86. The molecule has 0 radical (unpaired) electrons. The lowest BCUT2D eigenvalue weighted by Crippen LogP contribution is -2.44. The summed E-state index contributed by atoms with van der Waals surface area (Å²) in [6, 6.07) is 2.35. The summed E-state index contributed by atoms with van der Waals surface area (Å²) in [6.45, 7) is 4.30. The van der Waals surface area contributed by atoms with Crippen LogP contribution in [0.5, 0.6) is 0 Å². The van der Waals surface area contributed by atoms with Crippen molar-refractivity contribution < 1.29 is 4.74 Å². The molecule has 4 heteroatoms. The van der Waals surface area contributed by atoms with Crippen molar-refractivity contribution in [2.75, 3.05) is 33.4 Å². The van der Waals surface area contributed by atoms with E-state index in [-0.39, 0.29) is 0 Å². The van der Waals surface area contributed by atoms with Gasteiger partial charge in [0, 0.05) is 13.7 Å². The van der Waals surface area contributed by atoms with Gasteiger partial charge in [0.1, 0.15) is 5.54 Å². The highest BCUT2D eigenvalue weighted by molar-refractivity contribution is 5.11. The predicted molar refractivity (Wildman–Crippen MR) is 75.5 cm³/mol. The summed E-state index contributed by atoms with van der Waals surface area (Å²) in [4.78, 5) is 2.53. The lowest BCUT2D eigenvalue weighted by molar-refractivity contribution is 0.0867. The number of methoxy groups -OCH3 is 1. The maximum absolute atomic E-state index is 9.24. The smallest absolute Gasteiger partial charge is 0.107 e. The number of ether oxygens (including phenoxy) is 1. The Labute approximate surface area is 116 Å². The topological polar surface area (TPSA) is 62.3 Å². The minimum Gasteiger partial charge on any atom is -0.384 e. The Balaban J connectivity index is 1.77. The van der Waals surface area contributed by atoms with Crippen LogP contribution in [-0.2, 0) is 4.74 Å². The molecule has 0 aromatic heterocycles. The van der Waals surface area contributed by atoms with Crippen LogP contribution >= 0.6 is 0 Å². The SMILES string of the molecule is COCC1CCCN(CCC2CCCC2(N)C#N)C1. The van der Waals surface area contributed by atoms with E-state index in [1.807, 2.05) is 0 Å². The van der Waals surface area contributed by atoms with Gasteiger partial charge >= 0.3 is 0 Å². The molecular formula is C15H27N3O. The minimum absolute atomic E-state index is 0.389. The molecule has 2 fully saturated rings. The van der Waals surface area contributed by atoms with Gasteiger partial charge in [-0.3, -0.25) is 0 Å². The monoisotopic (exact) mass is 265 g/mol. The highest BCUT2D eigenvalue weighted by Gasteiger charge is 2.39. The first-order valence-corrected chi connectivity index (χ1v) is 7.59. The van der Waals surface area contributed by atoms with Gasteiger partial charge in [-0.15, -0.1) is 0 Å². The molecule has 1 heterocycles. The predicted octanol–water partition coefficient (Wildman–Crippen LogP) is 1.76. The van der Waals surface area contributed by atoms with Crippen LogP contribution in [0.25, 0.3) is 0 Å². The zero-order chi connectivity index (χ0) is 13.7. The fourth-order valence-electron chi connectivity index (χ4n) is 3.72. The highest BCUT2D eigenvalue weighted by Crippen LogP contribution is 2.35. The van der Waals surface area contributed by atoms with E-state index in [0.717, 1.165) is 45.4 Å². The molecule has 1 aliphatic heterocycles. The van der Waals surface area contributed by atoms with Crippen molar-refractivity contribution in [2.24, 2.45) is 17.6 Å². The van der Waals surface area contributed by atoms with E-state index in [2.05, 4.69) is 11.0 Å². The Bertz CT molecular complexity index is 326. The molecule has 108 valence electrons. The summed E-state index contributed by atoms with van der Waals surface area (Å²) in [6.07, 6.45) is 6.74. The Morgan fingerprint density at radius 3 is 3.00 bits per heavy atom. The molecule has 3 unspecified atom stereocenters. The standard InChI is InChI=1S/C15H27N3O/c1-19-11-13-4-3-8-18(10-13)9-6-14-5-2-7-15(14,17)12-16/h13-14H,2-11,17H2,1H3. The van der Waals surface area contributed by atoms with E-state index < -0.39 is 5.54 Å². The third kappa shape index (κ3) is 3.68. The molecule has 2 aliphatic rings. The van der Waals surface area contributed by atoms with Gasteiger partial charge in [-0.05, 0) is 57.0 Å². The normalized spacial score (nSPS) is 36.3. The Hall–Kier alpha value is -0.630. The van der Waals surface area contributed by atoms with Crippen LogP contribution in [0.3, 0.4) is 0 Å². The largest absolute Gasteiger partial charge is 0.384 e. The first kappa shape index (κ1) is 14.8. The Kier molecular flexibility index (Phi) is 5.20. The van der Waals surface area contributed by atoms with Gasteiger partial charge in [-0.25, -0.2) is 0 Å². The van der Waals surface area contributed by atoms with Gasteiger partial charge in [-0.1, -0.05) is 6.42 Å². The van der Waals surface area contributed by atoms with Crippen molar-refractivity contribution in [3.05, 3.63) is 0 Å². The van der Waals surface area contributed by atoms with E-state index in [9.17, 15) is 5.26 Å². The number of hydrogen-bond donors (Lipinski definition) is 1. The van der Waals surface area contributed by atoms with E-state index in [4.69, 9.17) is 10.5 Å². The summed E-state index contributed by atoms with van der Waals surface area (Å²) < 4.78 is 5.27. The third-order valence-electron chi connectivity index (χ3n) is 4.88. The molecule has 0 aromatic carbocycles. The van der Waals surface area contributed by atoms with E-state index in [1.54, 1.807) is 7.11 Å². The number of nitrogens with two attached hydrogens (primary N) is 1. The van der Waals surface area contributed by atoms with Crippen LogP contribution in [0, 0.1) is 23.2 Å². The van der Waals surface area contributed by atoms with E-state index in [1.165, 1.54) is 19.4 Å². The molecule has 1 saturated heterocycles. The molecule has 4 nitrogen and oxygen atoms in total. The third-order valence-corrected chi connectivity index (χ3v) is 4.88. The second-order valence-electron chi connectivity index (χ2n) is 6.29. The second kappa shape index (κ2) is 6.69. The zero-order valence-electron chi connectivity index (χ0n) is 12.1. The number of likely N-dealkylation sites (tertiary alicyclic amines) is 1. The van der Waals surface area contributed by atoms with Crippen molar-refractivity contribution in [3.63, 3.8) is 0 Å². The molecule has 1 saturated carbocycles. The van der Waals surface area contributed by atoms with Crippen LogP contribution in [0.4, 0.5) is 0 Å². The molecule has 2 rings (SSSR count). The maximum Gasteiger partial charge on any atom is 0.107 e. The second-order valence-corrected chi connectivity index (χ2v) is 6.29. The summed E-state index contributed by atoms with van der Waals surface area (Å²) in [5, 5.41) is 9.24. The quantitative estimate of drug-likeness (QED) is 0.822. The molecule has 0 amide bonds. The van der Waals surface area contributed by atoms with Crippen molar-refractivity contribution >= 4 is 0 Å². The van der Waals surface area contributed by atoms with Crippen LogP contribution in [-0.4, -0.2) is 43.8 Å². The summed E-state index contributed by atoms with van der Waals surface area (Å²) in [7, 11) is 1.78. The molecule has 0 spiro atoms. The summed E-state index contributed by atoms with van der Waals surface area (Å²) >= 11 is 0. The first-order chi connectivity index (χ1) is 9.18. The Morgan fingerprint density at radius 1 is 1.42 bits per heavy atom. The Morgan fingerprint density at radius 2 is 2.26 bits per heavy atom. The van der Waals surface area contributed by atoms with Gasteiger partial charge in [0.25, 0.3) is 0 Å². The van der Waals surface area contributed by atoms with E-state index >= 15 is 0 Å². The zero-order valence-corrected chi connectivity index (χ0v) is 12.1. The fourth-order valence-corrected chi connectivity index (χ4v) is 3.72. The number of piperidine rings is 1. The summed E-state index contributed by atoms with van der Waals surface area (Å²) in [5.74, 6) is 1.07. The lowest BCUT2D eigenvalue weighted by Gasteiger charge is -2.34. The average Bonchev–Trinajstić information content (AvgIpc) is 2.79. The molecule has 3 atom stereocenters. The molecular weight excluding hydrogens is 238 g/mol. The fraction of sp³-hybridized carbons (Fsp3) is 0.933. The van der Waals surface area contributed by atoms with Gasteiger partial charge in [0.05, 0.1) is 12.7 Å². The average molecular weight is 265 g/mol. The van der Waals surface area contributed by atoms with Crippen LogP contribution < -0.4 is 5.73 Å². The first-order valence-electron chi connectivity index (χ1n) is 7.59. The minimum atomic E-state index is -0.554. The molecule has 0 bridgehead atoms. The van der Waals surface area contributed by atoms with Gasteiger partial charge in [-0.2, -0.15) is 5.26 Å². The molecule has 1 aliphatic carbocycles. The number of nitriles is 1. The van der Waals surface area contributed by atoms with Crippen LogP contribution in [0.15, 0.2) is 0 Å². The van der Waals surface area contributed by atoms with Gasteiger partial charge in [0.15, 0.2) is 0 Å². The van der Waals surface area contributed by atoms with Crippen molar-refractivity contribution in [1.82, 2.24) is 4.90 Å². The molecule has 2 N–H and O–H groups in total. The van der Waals surface area contributed by atoms with E-state index in [0.29, 0.717) is 11.8 Å². The number of rotatable bonds is 5. The highest BCUT2D eigenvalue weighted by atomic mass is 16.5. The van der Waals surface area contributed by atoms with Crippen LogP contribution in [0.1, 0.15) is 38.5 Å². The van der Waals surface area contributed by atoms with Gasteiger partial charge < -0.3 is 15.4 Å². The molecule has 0 aromatic rings. The molecule has 19 heavy (non-hydrogen) atoms. The number of nitrogens with zero attached hydrogens (tertiary/aromatic N) is 2. The van der Waals surface area contributed by atoms with Gasteiger partial charge in [0.2, 0.25) is 0 Å². The maximum atomic E-state index is 9.24. The van der Waals surface area contributed by atoms with Crippen molar-refractivity contribution in [3.8, 4) is 6.07 Å².